The predicted molar refractivity (Wildman–Crippen MR) is 75.3 cm³/mol. The van der Waals surface area contributed by atoms with Crippen molar-refractivity contribution in [3.8, 4) is 0 Å². The van der Waals surface area contributed by atoms with Crippen LogP contribution in [0.1, 0.15) is 70.6 Å². The van der Waals surface area contributed by atoms with Crippen molar-refractivity contribution in [2.75, 3.05) is 6.16 Å². The van der Waals surface area contributed by atoms with Gasteiger partial charge in [0.15, 0.2) is 0 Å². The van der Waals surface area contributed by atoms with Crippen LogP contribution in [0.25, 0.3) is 0 Å². The maximum Gasteiger partial charge on any atom is 0.325 e. The zero-order valence-electron chi connectivity index (χ0n) is 11.6. The van der Waals surface area contributed by atoms with Gasteiger partial charge in [-0.3, -0.25) is 9.36 Å². The van der Waals surface area contributed by atoms with E-state index in [2.05, 4.69) is 0 Å². The van der Waals surface area contributed by atoms with Crippen molar-refractivity contribution in [2.24, 2.45) is 0 Å². The van der Waals surface area contributed by atoms with Gasteiger partial charge in [0, 0.05) is 12.6 Å². The van der Waals surface area contributed by atoms with Gasteiger partial charge < -0.3 is 14.9 Å². The van der Waals surface area contributed by atoms with E-state index in [1.54, 1.807) is 0 Å². The van der Waals surface area contributed by atoms with Crippen LogP contribution >= 0.6 is 7.60 Å². The Labute approximate surface area is 115 Å². The molecule has 0 aliphatic heterocycles. The first-order valence-corrected chi connectivity index (χ1v) is 8.98. The van der Waals surface area contributed by atoms with Gasteiger partial charge in [0.25, 0.3) is 0 Å². The lowest BCUT2D eigenvalue weighted by Crippen LogP contribution is -1.93. The third-order valence-electron chi connectivity index (χ3n) is 3.09. The van der Waals surface area contributed by atoms with Crippen LogP contribution in [0.15, 0.2) is 0 Å². The summed E-state index contributed by atoms with van der Waals surface area (Å²) < 4.78 is 10.6. The lowest BCUT2D eigenvalue weighted by Gasteiger charge is -2.04. The molecular weight excluding hydrogens is 267 g/mol. The maximum absolute atomic E-state index is 10.6. The number of hydrogen-bond donors (Lipinski definition) is 3. The molecule has 0 bridgehead atoms. The molecule has 0 spiro atoms. The van der Waals surface area contributed by atoms with Gasteiger partial charge in [0.2, 0.25) is 0 Å². The van der Waals surface area contributed by atoms with Crippen molar-refractivity contribution in [3.05, 3.63) is 0 Å². The standard InChI is InChI=1S/C13H27O5P/c14-13(15)11-9-7-5-3-1-2-4-6-8-10-12-19(16,17)18/h1-12H2,(H,14,15)(H2,16,17,18). The van der Waals surface area contributed by atoms with Crippen LogP contribution in [0.3, 0.4) is 0 Å². The molecule has 5 nitrogen and oxygen atoms in total. The minimum Gasteiger partial charge on any atom is -0.481 e. The first kappa shape index (κ1) is 18.6. The number of rotatable bonds is 13. The molecule has 0 saturated heterocycles. The molecule has 114 valence electrons. The van der Waals surface area contributed by atoms with Crippen LogP contribution in [-0.4, -0.2) is 27.0 Å². The smallest absolute Gasteiger partial charge is 0.325 e. The Kier molecular flexibility index (Phi) is 11.2. The summed E-state index contributed by atoms with van der Waals surface area (Å²) in [6.45, 7) is 0. The number of unbranched alkanes of at least 4 members (excludes halogenated alkanes) is 9. The molecule has 0 aromatic rings. The fraction of sp³-hybridized carbons (Fsp3) is 0.923. The van der Waals surface area contributed by atoms with Crippen LogP contribution in [0.5, 0.6) is 0 Å². The Hall–Kier alpha value is -0.380. The summed E-state index contributed by atoms with van der Waals surface area (Å²) in [5.74, 6) is -0.713. The lowest BCUT2D eigenvalue weighted by atomic mass is 10.1. The van der Waals surface area contributed by atoms with E-state index in [-0.39, 0.29) is 12.6 Å². The monoisotopic (exact) mass is 294 g/mol. The van der Waals surface area contributed by atoms with Crippen LogP contribution < -0.4 is 0 Å². The lowest BCUT2D eigenvalue weighted by molar-refractivity contribution is -0.137. The van der Waals surface area contributed by atoms with Crippen molar-refractivity contribution in [2.45, 2.75) is 70.6 Å². The summed E-state index contributed by atoms with van der Waals surface area (Å²) in [6.07, 6.45) is 10.3. The van der Waals surface area contributed by atoms with Gasteiger partial charge in [-0.1, -0.05) is 51.4 Å². The molecule has 0 atom stereocenters. The van der Waals surface area contributed by atoms with E-state index in [0.717, 1.165) is 51.4 Å². The summed E-state index contributed by atoms with van der Waals surface area (Å²) in [6, 6.07) is 0. The second-order valence-electron chi connectivity index (χ2n) is 5.07. The minimum atomic E-state index is -3.79. The van der Waals surface area contributed by atoms with Gasteiger partial charge in [0.1, 0.15) is 0 Å². The highest BCUT2D eigenvalue weighted by molar-refractivity contribution is 7.51. The molecule has 0 saturated carbocycles. The molecule has 0 unspecified atom stereocenters. The van der Waals surface area contributed by atoms with Crippen molar-refractivity contribution in [3.63, 3.8) is 0 Å². The largest absolute Gasteiger partial charge is 0.481 e. The Balaban J connectivity index is 3.07. The SMILES string of the molecule is O=C(O)CCCCCCCCCCCCP(=O)(O)O. The molecule has 0 heterocycles. The summed E-state index contributed by atoms with van der Waals surface area (Å²) in [4.78, 5) is 27.6. The molecular formula is C13H27O5P. The number of hydrogen-bond acceptors (Lipinski definition) is 2. The highest BCUT2D eigenvalue weighted by Gasteiger charge is 2.10. The first-order valence-electron chi connectivity index (χ1n) is 7.18. The first-order chi connectivity index (χ1) is 8.92. The zero-order chi connectivity index (χ0) is 14.6. The van der Waals surface area contributed by atoms with Gasteiger partial charge in [-0.2, -0.15) is 0 Å². The molecule has 0 amide bonds. The van der Waals surface area contributed by atoms with Gasteiger partial charge in [-0.05, 0) is 12.8 Å². The summed E-state index contributed by atoms with van der Waals surface area (Å²) in [5, 5.41) is 8.46. The van der Waals surface area contributed by atoms with E-state index < -0.39 is 13.6 Å². The summed E-state index contributed by atoms with van der Waals surface area (Å²) in [5.41, 5.74) is 0. The molecule has 0 aromatic carbocycles. The number of carboxylic acids is 1. The number of carbonyl (C=O) groups is 1. The van der Waals surface area contributed by atoms with Crippen molar-refractivity contribution in [1.82, 2.24) is 0 Å². The Morgan fingerprint density at radius 1 is 0.737 bits per heavy atom. The van der Waals surface area contributed by atoms with Gasteiger partial charge in [-0.25, -0.2) is 0 Å². The highest BCUT2D eigenvalue weighted by atomic mass is 31.2. The Morgan fingerprint density at radius 2 is 1.11 bits per heavy atom. The van der Waals surface area contributed by atoms with Gasteiger partial charge in [0.05, 0.1) is 0 Å². The normalized spacial score (nSPS) is 11.7. The Bertz CT molecular complexity index is 274. The third-order valence-corrected chi connectivity index (χ3v) is 3.99. The van der Waals surface area contributed by atoms with Gasteiger partial charge >= 0.3 is 13.6 Å². The fourth-order valence-electron chi connectivity index (χ4n) is 2.01. The molecule has 6 heteroatoms. The third kappa shape index (κ3) is 17.6. The van der Waals surface area contributed by atoms with Crippen LogP contribution in [0.2, 0.25) is 0 Å². The van der Waals surface area contributed by atoms with Crippen molar-refractivity contribution < 1.29 is 24.3 Å². The van der Waals surface area contributed by atoms with Crippen molar-refractivity contribution >= 4 is 13.6 Å². The second-order valence-corrected chi connectivity index (χ2v) is 6.84. The Morgan fingerprint density at radius 3 is 1.47 bits per heavy atom. The average molecular weight is 294 g/mol. The van der Waals surface area contributed by atoms with E-state index in [9.17, 15) is 9.36 Å². The molecule has 0 aliphatic carbocycles. The fourth-order valence-corrected chi connectivity index (χ4v) is 2.64. The molecule has 19 heavy (non-hydrogen) atoms. The van der Waals surface area contributed by atoms with Crippen LogP contribution in [0, 0.1) is 0 Å². The van der Waals surface area contributed by atoms with Gasteiger partial charge in [-0.15, -0.1) is 0 Å². The van der Waals surface area contributed by atoms with E-state index >= 15 is 0 Å². The van der Waals surface area contributed by atoms with Crippen LogP contribution in [0.4, 0.5) is 0 Å². The van der Waals surface area contributed by atoms with E-state index in [0.29, 0.717) is 6.42 Å². The number of carboxylic acid groups (broad SMARTS) is 1. The maximum atomic E-state index is 10.6. The molecule has 0 aliphatic rings. The summed E-state index contributed by atoms with van der Waals surface area (Å²) in [7, 11) is -3.79. The quantitative estimate of drug-likeness (QED) is 0.357. The predicted octanol–water partition coefficient (Wildman–Crippen LogP) is 3.54. The zero-order valence-corrected chi connectivity index (χ0v) is 12.5. The molecule has 0 rings (SSSR count). The van der Waals surface area contributed by atoms with E-state index in [1.165, 1.54) is 6.42 Å². The summed E-state index contributed by atoms with van der Waals surface area (Å²) >= 11 is 0. The van der Waals surface area contributed by atoms with E-state index in [1.807, 2.05) is 0 Å². The number of aliphatic carboxylic acids is 1. The molecule has 0 aromatic heterocycles. The average Bonchev–Trinajstić information content (AvgIpc) is 2.28. The molecule has 0 radical (unpaired) electrons. The van der Waals surface area contributed by atoms with Crippen molar-refractivity contribution in [1.29, 1.82) is 0 Å². The molecule has 0 fully saturated rings. The highest BCUT2D eigenvalue weighted by Crippen LogP contribution is 2.35. The minimum absolute atomic E-state index is 0.0105. The van der Waals surface area contributed by atoms with E-state index in [4.69, 9.17) is 14.9 Å². The molecule has 3 N–H and O–H groups in total. The second kappa shape index (κ2) is 11.4. The topological polar surface area (TPSA) is 94.8 Å². The van der Waals surface area contributed by atoms with Crippen LogP contribution in [-0.2, 0) is 9.36 Å².